The summed E-state index contributed by atoms with van der Waals surface area (Å²) >= 11 is 0. The zero-order chi connectivity index (χ0) is 15.7. The smallest absolute Gasteiger partial charge is 0.189 e. The summed E-state index contributed by atoms with van der Waals surface area (Å²) in [7, 11) is 1.83. The van der Waals surface area contributed by atoms with Crippen molar-refractivity contribution in [1.29, 1.82) is 0 Å². The average Bonchev–Trinajstić information content (AvgIpc) is 2.66. The summed E-state index contributed by atoms with van der Waals surface area (Å²) in [5.74, 6) is 0.249. The van der Waals surface area contributed by atoms with Crippen LogP contribution in [0.4, 0.5) is 0 Å². The lowest BCUT2D eigenvalue weighted by Gasteiger charge is -2.04. The maximum Gasteiger partial charge on any atom is 0.189 e. The van der Waals surface area contributed by atoms with Crippen LogP contribution in [-0.4, -0.2) is 20.7 Å². The van der Waals surface area contributed by atoms with E-state index in [1.165, 1.54) is 0 Å². The van der Waals surface area contributed by atoms with Crippen molar-refractivity contribution in [3.63, 3.8) is 0 Å². The second-order valence-electron chi connectivity index (χ2n) is 5.37. The van der Waals surface area contributed by atoms with Crippen molar-refractivity contribution in [2.45, 2.75) is 27.7 Å². The molecule has 1 heterocycles. The maximum atomic E-state index is 12.3. The zero-order valence-corrected chi connectivity index (χ0v) is 13.1. The van der Waals surface area contributed by atoms with Crippen LogP contribution in [0.2, 0.25) is 0 Å². The quantitative estimate of drug-likeness (QED) is 0.695. The fourth-order valence-corrected chi connectivity index (χ4v) is 2.47. The number of phenols is 1. The number of hydrogen-bond acceptors (Lipinski definition) is 3. The van der Waals surface area contributed by atoms with Crippen LogP contribution >= 0.6 is 0 Å². The molecule has 0 spiro atoms. The Bertz CT molecular complexity index is 716. The second-order valence-corrected chi connectivity index (χ2v) is 5.37. The molecule has 0 atom stereocenters. The van der Waals surface area contributed by atoms with Gasteiger partial charge in [0.2, 0.25) is 0 Å². The molecule has 0 saturated carbocycles. The molecule has 1 aromatic heterocycles. The van der Waals surface area contributed by atoms with Gasteiger partial charge in [-0.15, -0.1) is 0 Å². The van der Waals surface area contributed by atoms with Crippen LogP contribution in [0, 0.1) is 27.7 Å². The summed E-state index contributed by atoms with van der Waals surface area (Å²) in [6.45, 7) is 7.41. The lowest BCUT2D eigenvalue weighted by molar-refractivity contribution is 0.104. The van der Waals surface area contributed by atoms with Gasteiger partial charge in [0.25, 0.3) is 0 Å². The molecular weight excluding hydrogens is 264 g/mol. The van der Waals surface area contributed by atoms with Gasteiger partial charge in [-0.3, -0.25) is 9.48 Å². The Balaban J connectivity index is 2.31. The van der Waals surface area contributed by atoms with Crippen molar-refractivity contribution < 1.29 is 9.90 Å². The van der Waals surface area contributed by atoms with E-state index in [4.69, 9.17) is 0 Å². The van der Waals surface area contributed by atoms with E-state index in [1.54, 1.807) is 16.8 Å². The molecule has 1 N–H and O–H groups in total. The Morgan fingerprint density at radius 3 is 2.24 bits per heavy atom. The lowest BCUT2D eigenvalue weighted by atomic mass is 10.0. The fraction of sp³-hybridized carbons (Fsp3) is 0.294. The van der Waals surface area contributed by atoms with Crippen LogP contribution in [0.5, 0.6) is 5.75 Å². The van der Waals surface area contributed by atoms with Gasteiger partial charge in [-0.1, -0.05) is 6.08 Å². The number of carbonyl (C=O) groups is 1. The highest BCUT2D eigenvalue weighted by Crippen LogP contribution is 2.23. The number of aromatic hydroxyl groups is 1. The molecular formula is C17H20N2O2. The van der Waals surface area contributed by atoms with Crippen molar-refractivity contribution in [2.75, 3.05) is 0 Å². The molecule has 0 aliphatic heterocycles. The number of aryl methyl sites for hydroxylation is 4. The predicted octanol–water partition coefficient (Wildman–Crippen LogP) is 3.26. The molecule has 1 aromatic carbocycles. The molecule has 4 nitrogen and oxygen atoms in total. The molecule has 110 valence electrons. The van der Waals surface area contributed by atoms with E-state index in [9.17, 15) is 9.90 Å². The van der Waals surface area contributed by atoms with Crippen molar-refractivity contribution in [3.05, 3.63) is 51.9 Å². The third kappa shape index (κ3) is 2.89. The second kappa shape index (κ2) is 5.56. The van der Waals surface area contributed by atoms with Gasteiger partial charge in [-0.2, -0.15) is 5.10 Å². The predicted molar refractivity (Wildman–Crippen MR) is 83.6 cm³/mol. The van der Waals surface area contributed by atoms with Crippen LogP contribution in [0.15, 0.2) is 18.2 Å². The Labute approximate surface area is 124 Å². The monoisotopic (exact) mass is 284 g/mol. The molecule has 0 unspecified atom stereocenters. The molecule has 0 bridgehead atoms. The summed E-state index contributed by atoms with van der Waals surface area (Å²) in [6, 6.07) is 3.71. The first-order valence-electron chi connectivity index (χ1n) is 6.84. The molecule has 0 fully saturated rings. The van der Waals surface area contributed by atoms with Crippen LogP contribution < -0.4 is 0 Å². The number of carbonyl (C=O) groups excluding carboxylic acids is 1. The van der Waals surface area contributed by atoms with Gasteiger partial charge < -0.3 is 5.11 Å². The Morgan fingerprint density at radius 1 is 1.19 bits per heavy atom. The molecule has 0 aliphatic rings. The van der Waals surface area contributed by atoms with Crippen LogP contribution in [0.3, 0.4) is 0 Å². The van der Waals surface area contributed by atoms with Gasteiger partial charge in [-0.25, -0.2) is 0 Å². The number of allylic oxidation sites excluding steroid dienone is 1. The van der Waals surface area contributed by atoms with Crippen molar-refractivity contribution >= 4 is 11.9 Å². The number of phenolic OH excluding ortho intramolecular Hbond substituents is 1. The highest BCUT2D eigenvalue weighted by Gasteiger charge is 2.14. The van der Waals surface area contributed by atoms with Crippen molar-refractivity contribution in [1.82, 2.24) is 9.78 Å². The van der Waals surface area contributed by atoms with E-state index < -0.39 is 0 Å². The summed E-state index contributed by atoms with van der Waals surface area (Å²) in [4.78, 5) is 12.3. The standard InChI is InChI=1S/C17H20N2O2/c1-10-8-14(9-11(2)17(10)21)6-7-15(20)16-12(3)18-19(5)13(16)4/h6-9,21H,1-5H3. The van der Waals surface area contributed by atoms with Gasteiger partial charge in [0.1, 0.15) is 5.75 Å². The molecule has 0 aliphatic carbocycles. The Hall–Kier alpha value is -2.36. The Kier molecular flexibility index (Phi) is 3.98. The first-order chi connectivity index (χ1) is 9.81. The Morgan fingerprint density at radius 2 is 1.76 bits per heavy atom. The molecule has 21 heavy (non-hydrogen) atoms. The van der Waals surface area contributed by atoms with Gasteiger partial charge in [-0.05, 0) is 62.6 Å². The van der Waals surface area contributed by atoms with Crippen molar-refractivity contribution in [3.8, 4) is 5.75 Å². The SMILES string of the molecule is Cc1cc(C=CC(=O)c2c(C)nn(C)c2C)cc(C)c1O. The first kappa shape index (κ1) is 15.0. The molecule has 4 heteroatoms. The summed E-state index contributed by atoms with van der Waals surface area (Å²) in [5.41, 5.74) is 4.76. The lowest BCUT2D eigenvalue weighted by Crippen LogP contribution is -1.99. The molecule has 2 rings (SSSR count). The molecule has 2 aromatic rings. The largest absolute Gasteiger partial charge is 0.507 e. The van der Waals surface area contributed by atoms with Crippen LogP contribution in [0.1, 0.15) is 38.4 Å². The van der Waals surface area contributed by atoms with E-state index in [2.05, 4.69) is 5.10 Å². The molecule has 0 radical (unpaired) electrons. The van der Waals surface area contributed by atoms with Crippen LogP contribution in [0.25, 0.3) is 6.08 Å². The summed E-state index contributed by atoms with van der Waals surface area (Å²) < 4.78 is 1.71. The first-order valence-corrected chi connectivity index (χ1v) is 6.84. The topological polar surface area (TPSA) is 55.1 Å². The maximum absolute atomic E-state index is 12.3. The van der Waals surface area contributed by atoms with Gasteiger partial charge >= 0.3 is 0 Å². The minimum Gasteiger partial charge on any atom is -0.507 e. The summed E-state index contributed by atoms with van der Waals surface area (Å²) in [5, 5.41) is 14.0. The normalized spacial score (nSPS) is 11.3. The van der Waals surface area contributed by atoms with E-state index in [1.807, 2.05) is 46.9 Å². The number of aromatic nitrogens is 2. The average molecular weight is 284 g/mol. The van der Waals surface area contributed by atoms with Crippen molar-refractivity contribution in [2.24, 2.45) is 7.05 Å². The number of benzene rings is 1. The van der Waals surface area contributed by atoms with Gasteiger partial charge in [0.05, 0.1) is 11.3 Å². The highest BCUT2D eigenvalue weighted by molar-refractivity contribution is 6.08. The number of nitrogens with zero attached hydrogens (tertiary/aromatic N) is 2. The fourth-order valence-electron chi connectivity index (χ4n) is 2.47. The van der Waals surface area contributed by atoms with E-state index >= 15 is 0 Å². The zero-order valence-electron chi connectivity index (χ0n) is 13.1. The minimum absolute atomic E-state index is 0.0542. The van der Waals surface area contributed by atoms with E-state index in [0.29, 0.717) is 11.3 Å². The summed E-state index contributed by atoms with van der Waals surface area (Å²) in [6.07, 6.45) is 3.33. The highest BCUT2D eigenvalue weighted by atomic mass is 16.3. The minimum atomic E-state index is -0.0542. The number of ketones is 1. The third-order valence-electron chi connectivity index (χ3n) is 3.70. The van der Waals surface area contributed by atoms with E-state index in [0.717, 1.165) is 28.1 Å². The third-order valence-corrected chi connectivity index (χ3v) is 3.70. The number of rotatable bonds is 3. The van der Waals surface area contributed by atoms with Gasteiger partial charge in [0, 0.05) is 12.7 Å². The molecule has 0 amide bonds. The number of hydrogen-bond donors (Lipinski definition) is 1. The van der Waals surface area contributed by atoms with E-state index in [-0.39, 0.29) is 5.78 Å². The van der Waals surface area contributed by atoms with Gasteiger partial charge in [0.15, 0.2) is 5.78 Å². The van der Waals surface area contributed by atoms with Crippen LogP contribution in [-0.2, 0) is 7.05 Å². The molecule has 0 saturated heterocycles.